The van der Waals surface area contributed by atoms with E-state index in [0.717, 1.165) is 17.7 Å². The molecule has 1 aromatic rings. The zero-order valence-corrected chi connectivity index (χ0v) is 11.4. The van der Waals surface area contributed by atoms with Crippen LogP contribution in [0.1, 0.15) is 12.5 Å². The minimum absolute atomic E-state index is 0.147. The first kappa shape index (κ1) is 17.0. The van der Waals surface area contributed by atoms with Crippen LogP contribution in [0.2, 0.25) is 0 Å². The fraction of sp³-hybridized carbons (Fsp3) is 0.385. The molecule has 0 saturated carbocycles. The minimum atomic E-state index is -4.67. The van der Waals surface area contributed by atoms with E-state index in [1.807, 2.05) is 0 Å². The second-order valence-corrected chi connectivity index (χ2v) is 4.42. The van der Waals surface area contributed by atoms with E-state index >= 15 is 0 Å². The topological polar surface area (TPSA) is 64.4 Å². The predicted octanol–water partition coefficient (Wildman–Crippen LogP) is 3.62. The van der Waals surface area contributed by atoms with Crippen molar-refractivity contribution in [2.45, 2.75) is 13.1 Å². The Morgan fingerprint density at radius 3 is 2.67 bits per heavy atom. The van der Waals surface area contributed by atoms with Crippen molar-refractivity contribution < 1.29 is 22.8 Å². The highest BCUT2D eigenvalue weighted by atomic mass is 19.4. The summed E-state index contributed by atoms with van der Waals surface area (Å²) in [5, 5.41) is 13.1. The molecule has 0 bridgehead atoms. The third-order valence-corrected chi connectivity index (χ3v) is 2.43. The molecule has 116 valence electrons. The molecule has 21 heavy (non-hydrogen) atoms. The second-order valence-electron chi connectivity index (χ2n) is 4.42. The van der Waals surface area contributed by atoms with E-state index in [9.17, 15) is 23.3 Å². The quantitative estimate of drug-likeness (QED) is 0.362. The second kappa shape index (κ2) is 7.07. The lowest BCUT2D eigenvalue weighted by atomic mass is 10.1. The van der Waals surface area contributed by atoms with Gasteiger partial charge in [-0.3, -0.25) is 10.1 Å². The Labute approximate surface area is 119 Å². The SMILES string of the molecule is C=C(C)COCCNc1ccc([N+](=O)[O-])cc1C(F)(F)F. The van der Waals surface area contributed by atoms with Crippen molar-refractivity contribution in [2.24, 2.45) is 0 Å². The number of hydrogen-bond acceptors (Lipinski definition) is 4. The van der Waals surface area contributed by atoms with Crippen LogP contribution in [0.3, 0.4) is 0 Å². The number of halogens is 3. The average Bonchev–Trinajstić information content (AvgIpc) is 2.36. The fourth-order valence-electron chi connectivity index (χ4n) is 1.54. The van der Waals surface area contributed by atoms with Crippen molar-refractivity contribution in [1.82, 2.24) is 0 Å². The van der Waals surface area contributed by atoms with Crippen molar-refractivity contribution in [2.75, 3.05) is 25.1 Å². The van der Waals surface area contributed by atoms with Crippen LogP contribution in [0.4, 0.5) is 24.5 Å². The maximum atomic E-state index is 12.9. The lowest BCUT2D eigenvalue weighted by molar-refractivity contribution is -0.385. The van der Waals surface area contributed by atoms with Crippen LogP contribution in [0, 0.1) is 10.1 Å². The highest BCUT2D eigenvalue weighted by Gasteiger charge is 2.35. The highest BCUT2D eigenvalue weighted by molar-refractivity contribution is 5.57. The van der Waals surface area contributed by atoms with Gasteiger partial charge in [0.25, 0.3) is 5.69 Å². The van der Waals surface area contributed by atoms with Crippen molar-refractivity contribution in [3.63, 3.8) is 0 Å². The smallest absolute Gasteiger partial charge is 0.382 e. The summed E-state index contributed by atoms with van der Waals surface area (Å²) in [6.45, 7) is 6.06. The zero-order valence-electron chi connectivity index (χ0n) is 11.4. The van der Waals surface area contributed by atoms with E-state index in [2.05, 4.69) is 11.9 Å². The maximum absolute atomic E-state index is 12.9. The third kappa shape index (κ3) is 5.42. The van der Waals surface area contributed by atoms with Crippen LogP contribution in [-0.2, 0) is 10.9 Å². The number of benzene rings is 1. The number of nitrogens with one attached hydrogen (secondary N) is 1. The molecular formula is C13H15F3N2O3. The first-order valence-corrected chi connectivity index (χ1v) is 6.03. The monoisotopic (exact) mass is 304 g/mol. The molecule has 8 heteroatoms. The van der Waals surface area contributed by atoms with Crippen molar-refractivity contribution in [3.05, 3.63) is 46.0 Å². The largest absolute Gasteiger partial charge is 0.418 e. The normalized spacial score (nSPS) is 11.2. The Kier molecular flexibility index (Phi) is 5.71. The van der Waals surface area contributed by atoms with E-state index in [0.29, 0.717) is 12.7 Å². The van der Waals surface area contributed by atoms with Gasteiger partial charge >= 0.3 is 6.18 Å². The van der Waals surface area contributed by atoms with Crippen LogP contribution >= 0.6 is 0 Å². The molecule has 0 amide bonds. The van der Waals surface area contributed by atoms with Gasteiger partial charge in [-0.05, 0) is 13.0 Å². The molecule has 0 saturated heterocycles. The van der Waals surface area contributed by atoms with Gasteiger partial charge in [-0.1, -0.05) is 12.2 Å². The van der Waals surface area contributed by atoms with Gasteiger partial charge in [0.15, 0.2) is 0 Å². The Morgan fingerprint density at radius 1 is 1.48 bits per heavy atom. The summed E-state index contributed by atoms with van der Waals surface area (Å²) in [7, 11) is 0. The number of alkyl halides is 3. The molecule has 5 nitrogen and oxygen atoms in total. The standard InChI is InChI=1S/C13H15F3N2O3/c1-9(2)8-21-6-5-17-12-4-3-10(18(19)20)7-11(12)13(14,15)16/h3-4,7,17H,1,5-6,8H2,2H3. The summed E-state index contributed by atoms with van der Waals surface area (Å²) in [6, 6.07) is 2.57. The molecule has 0 unspecified atom stereocenters. The van der Waals surface area contributed by atoms with E-state index in [4.69, 9.17) is 4.74 Å². The van der Waals surface area contributed by atoms with Gasteiger partial charge in [0.2, 0.25) is 0 Å². The van der Waals surface area contributed by atoms with E-state index in [1.165, 1.54) is 0 Å². The molecule has 0 radical (unpaired) electrons. The lowest BCUT2D eigenvalue weighted by Crippen LogP contribution is -2.15. The Morgan fingerprint density at radius 2 is 2.14 bits per heavy atom. The Balaban J connectivity index is 2.77. The Hall–Kier alpha value is -2.09. The molecule has 0 spiro atoms. The van der Waals surface area contributed by atoms with Crippen LogP contribution in [0.5, 0.6) is 0 Å². The van der Waals surface area contributed by atoms with Gasteiger partial charge < -0.3 is 10.1 Å². The van der Waals surface area contributed by atoms with Gasteiger partial charge in [-0.25, -0.2) is 0 Å². The summed E-state index contributed by atoms with van der Waals surface area (Å²) >= 11 is 0. The molecule has 1 rings (SSSR count). The summed E-state index contributed by atoms with van der Waals surface area (Å²) < 4.78 is 43.8. The van der Waals surface area contributed by atoms with Crippen LogP contribution in [0.15, 0.2) is 30.4 Å². The number of nitro benzene ring substituents is 1. The van der Waals surface area contributed by atoms with E-state index in [1.54, 1.807) is 6.92 Å². The van der Waals surface area contributed by atoms with E-state index < -0.39 is 22.4 Å². The van der Waals surface area contributed by atoms with Gasteiger partial charge in [0.1, 0.15) is 0 Å². The predicted molar refractivity (Wildman–Crippen MR) is 72.2 cm³/mol. The lowest BCUT2D eigenvalue weighted by Gasteiger charge is -2.14. The van der Waals surface area contributed by atoms with Gasteiger partial charge in [-0.2, -0.15) is 13.2 Å². The van der Waals surface area contributed by atoms with Gasteiger partial charge in [0, 0.05) is 24.4 Å². The minimum Gasteiger partial charge on any atom is -0.382 e. The number of ether oxygens (including phenoxy) is 1. The van der Waals surface area contributed by atoms with Crippen molar-refractivity contribution in [1.29, 1.82) is 0 Å². The number of nitrogens with zero attached hydrogens (tertiary/aromatic N) is 1. The van der Waals surface area contributed by atoms with Crippen LogP contribution in [0.25, 0.3) is 0 Å². The number of nitro groups is 1. The van der Waals surface area contributed by atoms with Crippen LogP contribution < -0.4 is 5.32 Å². The molecule has 1 aromatic carbocycles. The molecule has 0 aromatic heterocycles. The molecule has 0 aliphatic rings. The summed E-state index contributed by atoms with van der Waals surface area (Å²) in [6.07, 6.45) is -4.67. The Bertz CT molecular complexity index is 530. The molecule has 0 heterocycles. The molecule has 1 N–H and O–H groups in total. The first-order valence-electron chi connectivity index (χ1n) is 6.03. The number of non-ortho nitro benzene ring substituents is 1. The fourth-order valence-corrected chi connectivity index (χ4v) is 1.54. The van der Waals surface area contributed by atoms with Crippen molar-refractivity contribution >= 4 is 11.4 Å². The average molecular weight is 304 g/mol. The molecule has 0 atom stereocenters. The first-order chi connectivity index (χ1) is 9.71. The van der Waals surface area contributed by atoms with Crippen molar-refractivity contribution in [3.8, 4) is 0 Å². The molecule has 0 aliphatic heterocycles. The third-order valence-electron chi connectivity index (χ3n) is 2.43. The number of rotatable bonds is 7. The maximum Gasteiger partial charge on any atom is 0.418 e. The molecular weight excluding hydrogens is 289 g/mol. The highest BCUT2D eigenvalue weighted by Crippen LogP contribution is 2.36. The summed E-state index contributed by atoms with van der Waals surface area (Å²) in [5.41, 5.74) is -1.09. The molecule has 0 fully saturated rings. The number of hydrogen-bond donors (Lipinski definition) is 1. The van der Waals surface area contributed by atoms with Crippen LogP contribution in [-0.4, -0.2) is 24.7 Å². The molecule has 0 aliphatic carbocycles. The summed E-state index contributed by atoms with van der Waals surface area (Å²) in [5.74, 6) is 0. The number of anilines is 1. The van der Waals surface area contributed by atoms with Gasteiger partial charge in [-0.15, -0.1) is 0 Å². The van der Waals surface area contributed by atoms with E-state index in [-0.39, 0.29) is 18.8 Å². The van der Waals surface area contributed by atoms with Gasteiger partial charge in [0.05, 0.1) is 23.7 Å². The zero-order chi connectivity index (χ0) is 16.0. The summed E-state index contributed by atoms with van der Waals surface area (Å²) in [4.78, 5) is 9.68.